The summed E-state index contributed by atoms with van der Waals surface area (Å²) < 4.78 is 1.74. The number of primary amides is 1. The molecule has 2 rings (SSSR count). The molecule has 0 atom stereocenters. The Hall–Kier alpha value is -1.93. The molecule has 7 nitrogen and oxygen atoms in total. The number of amides is 1. The summed E-state index contributed by atoms with van der Waals surface area (Å²) in [7, 11) is 0. The molecule has 3 N–H and O–H groups in total. The van der Waals surface area contributed by atoms with Gasteiger partial charge in [-0.3, -0.25) is 9.59 Å². The third kappa shape index (κ3) is 3.34. The van der Waals surface area contributed by atoms with Crippen LogP contribution in [0.1, 0.15) is 0 Å². The molecular weight excluding hydrogens is 350 g/mol. The first-order valence-corrected chi connectivity index (χ1v) is 6.57. The lowest BCUT2D eigenvalue weighted by atomic mass is 10.4. The molecule has 0 bridgehead atoms. The van der Waals surface area contributed by atoms with Gasteiger partial charge >= 0.3 is 0 Å². The minimum atomic E-state index is -0.601. The lowest BCUT2D eigenvalue weighted by Gasteiger charge is -2.09. The molecule has 104 valence electrons. The molecule has 1 amide bonds. The van der Waals surface area contributed by atoms with Crippen molar-refractivity contribution >= 4 is 44.9 Å². The van der Waals surface area contributed by atoms with Gasteiger partial charge in [0.25, 0.3) is 5.56 Å². The van der Waals surface area contributed by atoms with E-state index in [9.17, 15) is 9.59 Å². The van der Waals surface area contributed by atoms with Crippen LogP contribution in [0.4, 0.5) is 11.5 Å². The van der Waals surface area contributed by atoms with Gasteiger partial charge in [-0.25, -0.2) is 4.98 Å². The summed E-state index contributed by atoms with van der Waals surface area (Å²) >= 11 is 8.94. The summed E-state index contributed by atoms with van der Waals surface area (Å²) in [5.41, 5.74) is 4.92. The summed E-state index contributed by atoms with van der Waals surface area (Å²) in [5.74, 6) is -0.255. The van der Waals surface area contributed by atoms with Gasteiger partial charge in [-0.1, -0.05) is 0 Å². The van der Waals surface area contributed by atoms with Crippen molar-refractivity contribution < 1.29 is 4.79 Å². The quantitative estimate of drug-likeness (QED) is 0.802. The molecule has 0 aliphatic rings. The monoisotopic (exact) mass is 357 g/mol. The minimum absolute atomic E-state index is 0.0455. The number of carbonyl (C=O) groups excluding carboxylic acids is 1. The van der Waals surface area contributed by atoms with Gasteiger partial charge in [-0.2, -0.15) is 4.98 Å². The van der Waals surface area contributed by atoms with E-state index >= 15 is 0 Å². The Balaban J connectivity index is 2.37. The fourth-order valence-electron chi connectivity index (χ4n) is 1.49. The lowest BCUT2D eigenvalue weighted by Crippen LogP contribution is -2.28. The second-order valence-corrected chi connectivity index (χ2v) is 4.97. The van der Waals surface area contributed by atoms with Crippen molar-refractivity contribution in [1.29, 1.82) is 0 Å². The topological polar surface area (TPSA) is 103 Å². The van der Waals surface area contributed by atoms with Gasteiger partial charge < -0.3 is 15.6 Å². The molecule has 0 unspecified atom stereocenters. The van der Waals surface area contributed by atoms with Crippen LogP contribution in [0.5, 0.6) is 0 Å². The molecule has 2 heterocycles. The van der Waals surface area contributed by atoms with E-state index in [-0.39, 0.29) is 17.5 Å². The standard InChI is InChI=1S/C11H9BrClN5O2/c12-6-4-15-11(13)17-9(6)16-7-2-1-3-18(10(7)20)5-8(14)19/h1-4H,5H2,(H2,14,19)(H,15,16,17). The highest BCUT2D eigenvalue weighted by Crippen LogP contribution is 2.22. The maximum atomic E-state index is 12.1. The highest BCUT2D eigenvalue weighted by Gasteiger charge is 2.09. The minimum Gasteiger partial charge on any atom is -0.368 e. The van der Waals surface area contributed by atoms with Crippen molar-refractivity contribution in [3.05, 3.63) is 44.6 Å². The molecule has 0 radical (unpaired) electrons. The molecule has 0 aliphatic carbocycles. The number of nitrogens with two attached hydrogens (primary N) is 1. The number of hydrogen-bond donors (Lipinski definition) is 2. The highest BCUT2D eigenvalue weighted by atomic mass is 79.9. The third-order valence-electron chi connectivity index (χ3n) is 2.31. The number of anilines is 2. The van der Waals surface area contributed by atoms with Gasteiger partial charge in [0.05, 0.1) is 4.47 Å². The van der Waals surface area contributed by atoms with Crippen molar-refractivity contribution in [2.75, 3.05) is 5.32 Å². The third-order valence-corrected chi connectivity index (χ3v) is 3.08. The molecule has 0 saturated heterocycles. The van der Waals surface area contributed by atoms with E-state index in [0.29, 0.717) is 10.3 Å². The van der Waals surface area contributed by atoms with Crippen LogP contribution in [0.15, 0.2) is 33.8 Å². The number of carbonyl (C=O) groups is 1. The molecule has 0 aromatic carbocycles. The molecule has 0 fully saturated rings. The zero-order chi connectivity index (χ0) is 14.7. The predicted molar refractivity (Wildman–Crippen MR) is 77.9 cm³/mol. The zero-order valence-electron chi connectivity index (χ0n) is 10.0. The average Bonchev–Trinajstić information content (AvgIpc) is 2.38. The highest BCUT2D eigenvalue weighted by molar-refractivity contribution is 9.10. The maximum Gasteiger partial charge on any atom is 0.274 e. The van der Waals surface area contributed by atoms with Crippen molar-refractivity contribution in [1.82, 2.24) is 14.5 Å². The van der Waals surface area contributed by atoms with Gasteiger partial charge in [0.1, 0.15) is 18.1 Å². The molecule has 20 heavy (non-hydrogen) atoms. The Bertz CT molecular complexity index is 718. The fourth-order valence-corrected chi connectivity index (χ4v) is 1.91. The smallest absolute Gasteiger partial charge is 0.274 e. The number of rotatable bonds is 4. The fraction of sp³-hybridized carbons (Fsp3) is 0.0909. The van der Waals surface area contributed by atoms with Crippen molar-refractivity contribution in [2.24, 2.45) is 5.73 Å². The van der Waals surface area contributed by atoms with Crippen molar-refractivity contribution in [2.45, 2.75) is 6.54 Å². The van der Waals surface area contributed by atoms with Crippen LogP contribution in [0.25, 0.3) is 0 Å². The van der Waals surface area contributed by atoms with E-state index in [1.54, 1.807) is 12.1 Å². The van der Waals surface area contributed by atoms with Crippen LogP contribution in [0, 0.1) is 0 Å². The summed E-state index contributed by atoms with van der Waals surface area (Å²) in [5, 5.41) is 2.87. The molecule has 0 saturated carbocycles. The number of pyridine rings is 1. The van der Waals surface area contributed by atoms with Crippen LogP contribution in [-0.2, 0) is 11.3 Å². The maximum absolute atomic E-state index is 12.1. The Morgan fingerprint density at radius 2 is 2.30 bits per heavy atom. The normalized spacial score (nSPS) is 10.3. The van der Waals surface area contributed by atoms with Crippen molar-refractivity contribution in [3.63, 3.8) is 0 Å². The van der Waals surface area contributed by atoms with E-state index in [4.69, 9.17) is 17.3 Å². The number of hydrogen-bond acceptors (Lipinski definition) is 5. The molecule has 2 aromatic heterocycles. The van der Waals surface area contributed by atoms with Gasteiger partial charge in [-0.15, -0.1) is 0 Å². The van der Waals surface area contributed by atoms with Crippen LogP contribution < -0.4 is 16.6 Å². The molecule has 0 aliphatic heterocycles. The summed E-state index contributed by atoms with van der Waals surface area (Å²) in [6, 6.07) is 3.17. The largest absolute Gasteiger partial charge is 0.368 e. The Labute approximate surface area is 126 Å². The first-order valence-electron chi connectivity index (χ1n) is 5.40. The summed E-state index contributed by atoms with van der Waals surface area (Å²) in [6.07, 6.45) is 2.93. The Morgan fingerprint density at radius 1 is 1.55 bits per heavy atom. The van der Waals surface area contributed by atoms with Gasteiger partial charge in [0.15, 0.2) is 0 Å². The lowest BCUT2D eigenvalue weighted by molar-refractivity contribution is -0.118. The summed E-state index contributed by atoms with van der Waals surface area (Å²) in [6.45, 7) is -0.194. The van der Waals surface area contributed by atoms with E-state index in [1.165, 1.54) is 17.0 Å². The second-order valence-electron chi connectivity index (χ2n) is 3.78. The van der Waals surface area contributed by atoms with Crippen LogP contribution in [0.2, 0.25) is 5.28 Å². The van der Waals surface area contributed by atoms with Gasteiger partial charge in [-0.05, 0) is 39.7 Å². The Morgan fingerprint density at radius 3 is 3.00 bits per heavy atom. The second kappa shape index (κ2) is 6.02. The Kier molecular flexibility index (Phi) is 4.35. The molecule has 2 aromatic rings. The molecule has 0 spiro atoms. The number of nitrogens with one attached hydrogen (secondary N) is 1. The first-order chi connectivity index (χ1) is 9.47. The van der Waals surface area contributed by atoms with Crippen molar-refractivity contribution in [3.8, 4) is 0 Å². The number of halogens is 2. The molecule has 9 heteroatoms. The summed E-state index contributed by atoms with van der Waals surface area (Å²) in [4.78, 5) is 30.7. The molecular formula is C11H9BrClN5O2. The van der Waals surface area contributed by atoms with Crippen LogP contribution in [0.3, 0.4) is 0 Å². The van der Waals surface area contributed by atoms with E-state index in [0.717, 1.165) is 0 Å². The van der Waals surface area contributed by atoms with Crippen LogP contribution >= 0.6 is 27.5 Å². The van der Waals surface area contributed by atoms with Gasteiger partial charge in [0, 0.05) is 12.4 Å². The van der Waals surface area contributed by atoms with E-state index in [2.05, 4.69) is 31.2 Å². The van der Waals surface area contributed by atoms with E-state index < -0.39 is 11.5 Å². The first kappa shape index (κ1) is 14.5. The van der Waals surface area contributed by atoms with Gasteiger partial charge in [0.2, 0.25) is 11.2 Å². The van der Waals surface area contributed by atoms with Crippen LogP contribution in [-0.4, -0.2) is 20.4 Å². The number of aromatic nitrogens is 3. The predicted octanol–water partition coefficient (Wildman–Crippen LogP) is 1.28. The average molecular weight is 359 g/mol. The number of nitrogens with zero attached hydrogens (tertiary/aromatic N) is 3. The van der Waals surface area contributed by atoms with E-state index in [1.807, 2.05) is 0 Å². The SMILES string of the molecule is NC(=O)Cn1cccc(Nc2nc(Cl)ncc2Br)c1=O. The zero-order valence-corrected chi connectivity index (χ0v) is 12.3.